The topological polar surface area (TPSA) is 26.3 Å². The van der Waals surface area contributed by atoms with E-state index in [0.29, 0.717) is 24.2 Å². The average molecular weight is 338 g/mol. The molecule has 1 aromatic rings. The minimum atomic E-state index is -0.107. The Labute approximate surface area is 152 Å². The molecule has 0 unspecified atom stereocenters. The van der Waals surface area contributed by atoms with E-state index in [1.165, 1.54) is 24.0 Å². The van der Waals surface area contributed by atoms with Gasteiger partial charge in [-0.05, 0) is 54.2 Å². The first-order valence-electron chi connectivity index (χ1n) is 9.62. The van der Waals surface area contributed by atoms with Gasteiger partial charge in [-0.15, -0.1) is 0 Å². The van der Waals surface area contributed by atoms with E-state index in [2.05, 4.69) is 39.0 Å². The van der Waals surface area contributed by atoms with Gasteiger partial charge in [-0.1, -0.05) is 63.6 Å². The Bertz CT molecular complexity index is 681. The van der Waals surface area contributed by atoms with Gasteiger partial charge in [0.05, 0.1) is 0 Å². The van der Waals surface area contributed by atoms with Crippen molar-refractivity contribution in [1.82, 2.24) is 0 Å². The summed E-state index contributed by atoms with van der Waals surface area (Å²) in [6.45, 7) is 8.79. The normalized spacial score (nSPS) is 26.8. The van der Waals surface area contributed by atoms with Gasteiger partial charge in [-0.2, -0.15) is 0 Å². The number of carbonyl (C=O) groups is 1. The SMILES string of the molecule is CC1=C(C(=O)O[C@@H]2C[C@H](C)CC[C@H]2C(C)C)CC(c2ccccc2)=C1. The highest BCUT2D eigenvalue weighted by atomic mass is 16.5. The zero-order valence-corrected chi connectivity index (χ0v) is 15.9. The van der Waals surface area contributed by atoms with Crippen LogP contribution < -0.4 is 0 Å². The lowest BCUT2D eigenvalue weighted by atomic mass is 9.75. The summed E-state index contributed by atoms with van der Waals surface area (Å²) in [7, 11) is 0. The Balaban J connectivity index is 1.68. The number of benzene rings is 1. The molecule has 1 aromatic carbocycles. The van der Waals surface area contributed by atoms with Crippen molar-refractivity contribution in [3.63, 3.8) is 0 Å². The lowest BCUT2D eigenvalue weighted by Gasteiger charge is -2.36. The Morgan fingerprint density at radius 1 is 1.16 bits per heavy atom. The van der Waals surface area contributed by atoms with E-state index in [1.54, 1.807) is 0 Å². The van der Waals surface area contributed by atoms with Gasteiger partial charge in [0.2, 0.25) is 0 Å². The van der Waals surface area contributed by atoms with Gasteiger partial charge in [0.25, 0.3) is 0 Å². The molecule has 25 heavy (non-hydrogen) atoms. The fourth-order valence-corrected chi connectivity index (χ4v) is 4.26. The molecule has 3 atom stereocenters. The van der Waals surface area contributed by atoms with Gasteiger partial charge in [0.15, 0.2) is 0 Å². The van der Waals surface area contributed by atoms with Crippen molar-refractivity contribution in [3.05, 3.63) is 53.1 Å². The smallest absolute Gasteiger partial charge is 0.334 e. The minimum Gasteiger partial charge on any atom is -0.459 e. The summed E-state index contributed by atoms with van der Waals surface area (Å²) in [6, 6.07) is 10.3. The van der Waals surface area contributed by atoms with Gasteiger partial charge in [0.1, 0.15) is 6.10 Å². The molecule has 1 saturated carbocycles. The second-order valence-corrected chi connectivity index (χ2v) is 8.14. The highest BCUT2D eigenvalue weighted by Crippen LogP contribution is 2.37. The molecule has 2 nitrogen and oxygen atoms in total. The quantitative estimate of drug-likeness (QED) is 0.649. The summed E-state index contributed by atoms with van der Waals surface area (Å²) in [4.78, 5) is 12.9. The lowest BCUT2D eigenvalue weighted by molar-refractivity contribution is -0.151. The third-order valence-electron chi connectivity index (χ3n) is 5.84. The first-order chi connectivity index (χ1) is 12.0. The predicted molar refractivity (Wildman–Crippen MR) is 103 cm³/mol. The molecule has 2 aliphatic rings. The van der Waals surface area contributed by atoms with Crippen LogP contribution in [0.25, 0.3) is 5.57 Å². The molecule has 134 valence electrons. The van der Waals surface area contributed by atoms with Gasteiger partial charge in [-0.25, -0.2) is 4.79 Å². The number of hydrogen-bond acceptors (Lipinski definition) is 2. The molecule has 2 aliphatic carbocycles. The summed E-state index contributed by atoms with van der Waals surface area (Å²) in [5, 5.41) is 0. The molecule has 0 bridgehead atoms. The monoisotopic (exact) mass is 338 g/mol. The summed E-state index contributed by atoms with van der Waals surface area (Å²) >= 11 is 0. The zero-order valence-electron chi connectivity index (χ0n) is 15.9. The fourth-order valence-electron chi connectivity index (χ4n) is 4.26. The zero-order chi connectivity index (χ0) is 18.0. The van der Waals surface area contributed by atoms with E-state index >= 15 is 0 Å². The highest BCUT2D eigenvalue weighted by Gasteiger charge is 2.34. The molecule has 0 saturated heterocycles. The molecule has 0 heterocycles. The third-order valence-corrected chi connectivity index (χ3v) is 5.84. The molecular weight excluding hydrogens is 308 g/mol. The second-order valence-electron chi connectivity index (χ2n) is 8.14. The van der Waals surface area contributed by atoms with E-state index in [4.69, 9.17) is 4.74 Å². The second kappa shape index (κ2) is 7.59. The summed E-state index contributed by atoms with van der Waals surface area (Å²) in [6.07, 6.45) is 6.30. The maximum Gasteiger partial charge on any atom is 0.334 e. The van der Waals surface area contributed by atoms with Crippen molar-refractivity contribution in [2.75, 3.05) is 0 Å². The molecule has 1 fully saturated rings. The van der Waals surface area contributed by atoms with Crippen LogP contribution in [0, 0.1) is 17.8 Å². The number of rotatable bonds is 4. The van der Waals surface area contributed by atoms with Crippen LogP contribution in [-0.4, -0.2) is 12.1 Å². The molecule has 3 rings (SSSR count). The Morgan fingerprint density at radius 3 is 2.56 bits per heavy atom. The van der Waals surface area contributed by atoms with Crippen molar-refractivity contribution in [3.8, 4) is 0 Å². The number of ether oxygens (including phenoxy) is 1. The Morgan fingerprint density at radius 2 is 1.88 bits per heavy atom. The van der Waals surface area contributed by atoms with Crippen LogP contribution in [0.5, 0.6) is 0 Å². The van der Waals surface area contributed by atoms with Gasteiger partial charge >= 0.3 is 5.97 Å². The largest absolute Gasteiger partial charge is 0.459 e. The fraction of sp³-hybridized carbons (Fsp3) is 0.522. The molecule has 0 radical (unpaired) electrons. The maximum atomic E-state index is 12.9. The van der Waals surface area contributed by atoms with Crippen molar-refractivity contribution in [1.29, 1.82) is 0 Å². The molecule has 0 aliphatic heterocycles. The van der Waals surface area contributed by atoms with Crippen LogP contribution >= 0.6 is 0 Å². The Kier molecular flexibility index (Phi) is 5.46. The average Bonchev–Trinajstić information content (AvgIpc) is 2.97. The molecule has 0 N–H and O–H groups in total. The number of hydrogen-bond donors (Lipinski definition) is 0. The van der Waals surface area contributed by atoms with E-state index in [1.807, 2.05) is 25.1 Å². The van der Waals surface area contributed by atoms with E-state index in [9.17, 15) is 4.79 Å². The molecule has 0 spiro atoms. The van der Waals surface area contributed by atoms with Crippen LogP contribution in [0.1, 0.15) is 58.9 Å². The first kappa shape index (κ1) is 18.0. The molecule has 0 aromatic heterocycles. The number of carbonyl (C=O) groups excluding carboxylic acids is 1. The Hall–Kier alpha value is -1.83. The highest BCUT2D eigenvalue weighted by molar-refractivity contribution is 5.96. The number of esters is 1. The minimum absolute atomic E-state index is 0.0670. The molecular formula is C23H30O2. The summed E-state index contributed by atoms with van der Waals surface area (Å²) in [5.74, 6) is 1.58. The van der Waals surface area contributed by atoms with Gasteiger partial charge in [-0.3, -0.25) is 0 Å². The van der Waals surface area contributed by atoms with E-state index in [0.717, 1.165) is 17.6 Å². The third kappa shape index (κ3) is 4.05. The maximum absolute atomic E-state index is 12.9. The van der Waals surface area contributed by atoms with Crippen LogP contribution in [0.3, 0.4) is 0 Å². The molecule has 0 amide bonds. The molecule has 2 heteroatoms. The van der Waals surface area contributed by atoms with Crippen molar-refractivity contribution < 1.29 is 9.53 Å². The van der Waals surface area contributed by atoms with Gasteiger partial charge in [0, 0.05) is 12.0 Å². The first-order valence-corrected chi connectivity index (χ1v) is 9.62. The lowest BCUT2D eigenvalue weighted by Crippen LogP contribution is -2.36. The van der Waals surface area contributed by atoms with Crippen molar-refractivity contribution in [2.45, 2.75) is 59.5 Å². The predicted octanol–water partition coefficient (Wildman–Crippen LogP) is 5.79. The summed E-state index contributed by atoms with van der Waals surface area (Å²) < 4.78 is 6.04. The van der Waals surface area contributed by atoms with Crippen LogP contribution in [0.4, 0.5) is 0 Å². The van der Waals surface area contributed by atoms with Crippen molar-refractivity contribution in [2.24, 2.45) is 17.8 Å². The van der Waals surface area contributed by atoms with Crippen molar-refractivity contribution >= 4 is 11.5 Å². The number of allylic oxidation sites excluding steroid dienone is 3. The van der Waals surface area contributed by atoms with E-state index in [-0.39, 0.29) is 12.1 Å². The van der Waals surface area contributed by atoms with Crippen LogP contribution in [0.2, 0.25) is 0 Å². The van der Waals surface area contributed by atoms with Gasteiger partial charge < -0.3 is 4.74 Å². The van der Waals surface area contributed by atoms with Crippen LogP contribution in [-0.2, 0) is 9.53 Å². The summed E-state index contributed by atoms with van der Waals surface area (Å²) in [5.41, 5.74) is 4.28. The van der Waals surface area contributed by atoms with E-state index < -0.39 is 0 Å². The standard InChI is InChI=1S/C23H30O2/c1-15(2)20-11-10-16(3)12-22(20)25-23(24)21-14-19(13-17(21)4)18-8-6-5-7-9-18/h5-9,13,15-16,20,22H,10-12,14H2,1-4H3/t16-,20+,22-/m1/s1. The van der Waals surface area contributed by atoms with Crippen LogP contribution in [0.15, 0.2) is 47.6 Å².